The van der Waals surface area contributed by atoms with Crippen molar-refractivity contribution in [1.29, 1.82) is 0 Å². The zero-order valence-corrected chi connectivity index (χ0v) is 31.6. The van der Waals surface area contributed by atoms with E-state index >= 15 is 0 Å². The lowest BCUT2D eigenvalue weighted by Gasteiger charge is -2.26. The molecule has 0 fully saturated rings. The average molecular weight is 741 g/mol. The van der Waals surface area contributed by atoms with Crippen LogP contribution in [0, 0.1) is 0 Å². The summed E-state index contributed by atoms with van der Waals surface area (Å²) in [6.45, 7) is 0. The molecule has 0 saturated carbocycles. The minimum absolute atomic E-state index is 1.09. The van der Waals surface area contributed by atoms with Gasteiger partial charge in [-0.15, -0.1) is 0 Å². The Bertz CT molecular complexity index is 3340. The van der Waals surface area contributed by atoms with Crippen molar-refractivity contribution in [2.45, 2.75) is 0 Å². The maximum atomic E-state index is 2.44. The smallest absolute Gasteiger partial charge is 0.0561 e. The zero-order chi connectivity index (χ0) is 38.2. The number of hydrogen-bond acceptors (Lipinski definition) is 1. The lowest BCUT2D eigenvalue weighted by atomic mass is 10.1. The molecule has 0 amide bonds. The standard InChI is InChI=1S/C54H36N4/c1-4-16-37(17-5-1)56-50-26-14-11-23-44(50)47-34-40(29-32-52(47)56)55(41-30-33-53-48(35-41)45-24-12-15-27-51(45)57(53)38-18-6-2-7-19-38)42-28-31-46-43-22-10-13-25-49(43)58(54(46)36-42)39-20-8-3-9-21-39/h1-36H. The van der Waals surface area contributed by atoms with Gasteiger partial charge in [0.25, 0.3) is 0 Å². The number of anilines is 3. The van der Waals surface area contributed by atoms with Crippen LogP contribution in [0.2, 0.25) is 0 Å². The Hall–Kier alpha value is -7.82. The molecule has 58 heavy (non-hydrogen) atoms. The van der Waals surface area contributed by atoms with Crippen LogP contribution in [-0.4, -0.2) is 13.7 Å². The summed E-state index contributed by atoms with van der Waals surface area (Å²) in [5.74, 6) is 0. The van der Waals surface area contributed by atoms with Crippen LogP contribution in [0.5, 0.6) is 0 Å². The molecule has 12 rings (SSSR count). The summed E-state index contributed by atoms with van der Waals surface area (Å²) in [6, 6.07) is 79.2. The quantitative estimate of drug-likeness (QED) is 0.166. The summed E-state index contributed by atoms with van der Waals surface area (Å²) in [4.78, 5) is 2.44. The SMILES string of the molecule is c1ccc(-n2c3ccccc3c3cc(N(c4ccc5c(c4)c4ccccc4n5-c4ccccc4)c4ccc5c6ccccc6n(-c6ccccc6)c5c4)ccc32)cc1. The van der Waals surface area contributed by atoms with Gasteiger partial charge in [0.05, 0.1) is 33.1 Å². The Kier molecular flexibility index (Phi) is 7.20. The highest BCUT2D eigenvalue weighted by molar-refractivity contribution is 6.14. The molecule has 0 spiro atoms. The fourth-order valence-corrected chi connectivity index (χ4v) is 9.31. The van der Waals surface area contributed by atoms with Crippen molar-refractivity contribution >= 4 is 82.5 Å². The van der Waals surface area contributed by atoms with Gasteiger partial charge in [0.1, 0.15) is 0 Å². The van der Waals surface area contributed by atoms with E-state index in [1.165, 1.54) is 65.4 Å². The number of fused-ring (bicyclic) bond motifs is 9. The molecule has 0 aliphatic carbocycles. The van der Waals surface area contributed by atoms with Crippen LogP contribution in [0.4, 0.5) is 17.1 Å². The first-order chi connectivity index (χ1) is 28.8. The zero-order valence-electron chi connectivity index (χ0n) is 31.6. The summed E-state index contributed by atoms with van der Waals surface area (Å²) in [5, 5.41) is 7.34. The summed E-state index contributed by atoms with van der Waals surface area (Å²) in [6.07, 6.45) is 0. The van der Waals surface area contributed by atoms with Crippen LogP contribution >= 0.6 is 0 Å². The number of benzene rings is 9. The fourth-order valence-electron chi connectivity index (χ4n) is 9.31. The fraction of sp³-hybridized carbons (Fsp3) is 0. The third-order valence-electron chi connectivity index (χ3n) is 11.8. The maximum absolute atomic E-state index is 2.44. The van der Waals surface area contributed by atoms with Gasteiger partial charge >= 0.3 is 0 Å². The molecule has 0 saturated heterocycles. The first-order valence-corrected chi connectivity index (χ1v) is 19.9. The number of aromatic nitrogens is 3. The van der Waals surface area contributed by atoms with Gasteiger partial charge in [-0.2, -0.15) is 0 Å². The third kappa shape index (κ3) is 4.88. The van der Waals surface area contributed by atoms with Crippen molar-refractivity contribution in [3.8, 4) is 17.1 Å². The molecule has 0 bridgehead atoms. The van der Waals surface area contributed by atoms with Crippen LogP contribution < -0.4 is 4.90 Å². The van der Waals surface area contributed by atoms with Crippen molar-refractivity contribution in [2.75, 3.05) is 4.90 Å². The van der Waals surface area contributed by atoms with Gasteiger partial charge in [0.15, 0.2) is 0 Å². The molecule has 272 valence electrons. The molecular weight excluding hydrogens is 705 g/mol. The van der Waals surface area contributed by atoms with Gasteiger partial charge in [0.2, 0.25) is 0 Å². The first-order valence-electron chi connectivity index (χ1n) is 19.9. The molecule has 3 aromatic heterocycles. The van der Waals surface area contributed by atoms with Crippen molar-refractivity contribution < 1.29 is 0 Å². The Morgan fingerprint density at radius 3 is 0.983 bits per heavy atom. The van der Waals surface area contributed by atoms with Crippen molar-refractivity contribution in [3.05, 3.63) is 218 Å². The van der Waals surface area contributed by atoms with Crippen LogP contribution in [0.15, 0.2) is 218 Å². The Morgan fingerprint density at radius 2 is 0.534 bits per heavy atom. The Labute approximate surface area is 335 Å². The lowest BCUT2D eigenvalue weighted by molar-refractivity contribution is 1.17. The van der Waals surface area contributed by atoms with E-state index in [0.29, 0.717) is 0 Å². The van der Waals surface area contributed by atoms with E-state index in [1.807, 2.05) is 0 Å². The Morgan fingerprint density at radius 1 is 0.224 bits per heavy atom. The van der Waals surface area contributed by atoms with E-state index in [0.717, 1.165) is 34.1 Å². The molecular formula is C54H36N4. The van der Waals surface area contributed by atoms with E-state index in [9.17, 15) is 0 Å². The average Bonchev–Trinajstić information content (AvgIpc) is 3.92. The van der Waals surface area contributed by atoms with Gasteiger partial charge in [-0.05, 0) is 103 Å². The van der Waals surface area contributed by atoms with Gasteiger partial charge in [0, 0.05) is 66.4 Å². The minimum atomic E-state index is 1.09. The second kappa shape index (κ2) is 12.9. The molecule has 0 aliphatic rings. The highest BCUT2D eigenvalue weighted by atomic mass is 15.1. The van der Waals surface area contributed by atoms with Crippen molar-refractivity contribution in [3.63, 3.8) is 0 Å². The topological polar surface area (TPSA) is 18.0 Å². The lowest BCUT2D eigenvalue weighted by Crippen LogP contribution is -2.10. The van der Waals surface area contributed by atoms with Crippen LogP contribution in [-0.2, 0) is 0 Å². The second-order valence-corrected chi connectivity index (χ2v) is 15.0. The second-order valence-electron chi connectivity index (χ2n) is 15.0. The Balaban J connectivity index is 1.14. The summed E-state index contributed by atoms with van der Waals surface area (Å²) in [7, 11) is 0. The summed E-state index contributed by atoms with van der Waals surface area (Å²) in [5.41, 5.74) is 13.8. The van der Waals surface area contributed by atoms with Crippen molar-refractivity contribution in [2.24, 2.45) is 0 Å². The molecule has 0 aliphatic heterocycles. The van der Waals surface area contributed by atoms with Crippen LogP contribution in [0.3, 0.4) is 0 Å². The highest BCUT2D eigenvalue weighted by Crippen LogP contribution is 2.44. The molecule has 0 unspecified atom stereocenters. The first kappa shape index (κ1) is 32.4. The van der Waals surface area contributed by atoms with Gasteiger partial charge < -0.3 is 18.6 Å². The van der Waals surface area contributed by atoms with Crippen LogP contribution in [0.1, 0.15) is 0 Å². The van der Waals surface area contributed by atoms with Crippen molar-refractivity contribution in [1.82, 2.24) is 13.7 Å². The number of rotatable bonds is 6. The molecule has 9 aromatic carbocycles. The van der Waals surface area contributed by atoms with E-state index in [4.69, 9.17) is 0 Å². The van der Waals surface area contributed by atoms with Gasteiger partial charge in [-0.25, -0.2) is 0 Å². The minimum Gasteiger partial charge on any atom is -0.310 e. The summed E-state index contributed by atoms with van der Waals surface area (Å²) >= 11 is 0. The third-order valence-corrected chi connectivity index (χ3v) is 11.8. The van der Waals surface area contributed by atoms with Gasteiger partial charge in [-0.1, -0.05) is 115 Å². The number of hydrogen-bond donors (Lipinski definition) is 0. The van der Waals surface area contributed by atoms with E-state index in [-0.39, 0.29) is 0 Å². The molecule has 0 N–H and O–H groups in total. The van der Waals surface area contributed by atoms with Crippen LogP contribution in [0.25, 0.3) is 82.5 Å². The molecule has 4 nitrogen and oxygen atoms in total. The van der Waals surface area contributed by atoms with E-state index in [2.05, 4.69) is 237 Å². The normalized spacial score (nSPS) is 11.8. The maximum Gasteiger partial charge on any atom is 0.0561 e. The summed E-state index contributed by atoms with van der Waals surface area (Å²) < 4.78 is 7.17. The highest BCUT2D eigenvalue weighted by Gasteiger charge is 2.21. The van der Waals surface area contributed by atoms with E-state index in [1.54, 1.807) is 0 Å². The number of para-hydroxylation sites is 6. The predicted octanol–water partition coefficient (Wildman–Crippen LogP) is 14.4. The van der Waals surface area contributed by atoms with E-state index < -0.39 is 0 Å². The molecule has 0 atom stereocenters. The predicted molar refractivity (Wildman–Crippen MR) is 244 cm³/mol. The van der Waals surface area contributed by atoms with Gasteiger partial charge in [-0.3, -0.25) is 0 Å². The largest absolute Gasteiger partial charge is 0.310 e. The molecule has 12 aromatic rings. The molecule has 3 heterocycles. The number of nitrogens with zero attached hydrogens (tertiary/aromatic N) is 4. The monoisotopic (exact) mass is 740 g/mol. The molecule has 0 radical (unpaired) electrons. The molecule has 4 heteroatoms.